The number of benzene rings is 2. The van der Waals surface area contributed by atoms with Gasteiger partial charge in [-0.05, 0) is 91.4 Å². The zero-order valence-corrected chi connectivity index (χ0v) is 21.0. The van der Waals surface area contributed by atoms with E-state index in [0.717, 1.165) is 54.9 Å². The molecule has 0 aliphatic carbocycles. The lowest BCUT2D eigenvalue weighted by molar-refractivity contribution is -0.136. The van der Waals surface area contributed by atoms with Crippen molar-refractivity contribution in [1.82, 2.24) is 20.1 Å². The lowest BCUT2D eigenvalue weighted by atomic mass is 9.89. The predicted molar refractivity (Wildman–Crippen MR) is 139 cm³/mol. The van der Waals surface area contributed by atoms with Crippen LogP contribution in [0.4, 0.5) is 4.39 Å². The zero-order valence-electron chi connectivity index (χ0n) is 21.0. The molecule has 3 aromatic rings. The lowest BCUT2D eigenvalue weighted by Gasteiger charge is -2.32. The van der Waals surface area contributed by atoms with Crippen LogP contribution in [0.3, 0.4) is 0 Å². The van der Waals surface area contributed by atoms with Crippen LogP contribution in [0.5, 0.6) is 0 Å². The topological polar surface area (TPSA) is 82.6 Å². The Bertz CT molecular complexity index is 1420. The Morgan fingerprint density at radius 3 is 2.61 bits per heavy atom. The number of nitrogens with one attached hydrogen (secondary N) is 1. The number of imide groups is 1. The molecule has 1 N–H and O–H groups in total. The molecule has 38 heavy (non-hydrogen) atoms. The summed E-state index contributed by atoms with van der Waals surface area (Å²) >= 11 is 0. The standard InChI is InChI=1S/C30H29FN4O3/c31-24-3-1-2-21(16-24)20-9-12-34(13-10-20)17-19-8-11-32-26(14-19)22-4-5-25-23(15-22)18-35(30(25)38)27-6-7-28(36)33-29(27)37/h1-5,8,11,14-16,20,27H,6-7,9-10,12-13,17-18H2,(H,33,36,37). The van der Waals surface area contributed by atoms with Crippen LogP contribution >= 0.6 is 0 Å². The van der Waals surface area contributed by atoms with Crippen LogP contribution in [0.25, 0.3) is 11.3 Å². The number of carbonyl (C=O) groups excluding carboxylic acids is 3. The first-order valence-corrected chi connectivity index (χ1v) is 13.2. The highest BCUT2D eigenvalue weighted by molar-refractivity contribution is 6.05. The number of likely N-dealkylation sites (tertiary alicyclic amines) is 1. The van der Waals surface area contributed by atoms with Gasteiger partial charge in [-0.25, -0.2) is 4.39 Å². The summed E-state index contributed by atoms with van der Waals surface area (Å²) in [6.07, 6.45) is 4.41. The third kappa shape index (κ3) is 4.84. The summed E-state index contributed by atoms with van der Waals surface area (Å²) in [6.45, 7) is 3.07. The number of hydrogen-bond acceptors (Lipinski definition) is 5. The molecule has 3 amide bonds. The first-order valence-electron chi connectivity index (χ1n) is 13.2. The SMILES string of the molecule is O=C1CCC(N2Cc3cc(-c4cc(CN5CCC(c6cccc(F)c6)CC5)ccn4)ccc3C2=O)C(=O)N1. The minimum absolute atomic E-state index is 0.172. The van der Waals surface area contributed by atoms with Gasteiger partial charge in [-0.15, -0.1) is 0 Å². The number of rotatable bonds is 5. The summed E-state index contributed by atoms with van der Waals surface area (Å²) < 4.78 is 13.6. The quantitative estimate of drug-likeness (QED) is 0.522. The maximum Gasteiger partial charge on any atom is 0.255 e. The van der Waals surface area contributed by atoms with Gasteiger partial charge < -0.3 is 4.90 Å². The molecule has 8 heteroatoms. The molecule has 6 rings (SSSR count). The highest BCUT2D eigenvalue weighted by atomic mass is 19.1. The molecule has 0 spiro atoms. The molecule has 0 bridgehead atoms. The molecule has 3 aliphatic rings. The Labute approximate surface area is 220 Å². The highest BCUT2D eigenvalue weighted by Gasteiger charge is 2.39. The van der Waals surface area contributed by atoms with Crippen molar-refractivity contribution >= 4 is 17.7 Å². The summed E-state index contributed by atoms with van der Waals surface area (Å²) in [5, 5.41) is 2.34. The first-order chi connectivity index (χ1) is 18.4. The molecule has 0 saturated carbocycles. The third-order valence-corrected chi connectivity index (χ3v) is 7.96. The molecule has 0 radical (unpaired) electrons. The normalized spacial score (nSPS) is 20.5. The fourth-order valence-corrected chi connectivity index (χ4v) is 5.91. The van der Waals surface area contributed by atoms with Crippen molar-refractivity contribution in [3.8, 4) is 11.3 Å². The Balaban J connectivity index is 1.12. The second-order valence-corrected chi connectivity index (χ2v) is 10.4. The highest BCUT2D eigenvalue weighted by Crippen LogP contribution is 2.32. The fraction of sp³-hybridized carbons (Fsp3) is 0.333. The number of carbonyl (C=O) groups is 3. The molecule has 7 nitrogen and oxygen atoms in total. The average molecular weight is 513 g/mol. The van der Waals surface area contributed by atoms with Crippen molar-refractivity contribution in [2.45, 2.75) is 50.7 Å². The van der Waals surface area contributed by atoms with Gasteiger partial charge in [0.15, 0.2) is 0 Å². The van der Waals surface area contributed by atoms with Gasteiger partial charge in [-0.1, -0.05) is 18.2 Å². The second-order valence-electron chi connectivity index (χ2n) is 10.4. The number of fused-ring (bicyclic) bond motifs is 1. The maximum atomic E-state index is 13.6. The molecule has 2 fully saturated rings. The second kappa shape index (κ2) is 10.1. The Morgan fingerprint density at radius 2 is 1.82 bits per heavy atom. The molecule has 1 atom stereocenters. The van der Waals surface area contributed by atoms with Crippen molar-refractivity contribution in [1.29, 1.82) is 0 Å². The molecule has 3 aliphatic heterocycles. The molecule has 194 valence electrons. The number of aromatic nitrogens is 1. The van der Waals surface area contributed by atoms with Gasteiger partial charge in [-0.3, -0.25) is 29.6 Å². The van der Waals surface area contributed by atoms with Gasteiger partial charge in [0.1, 0.15) is 11.9 Å². The van der Waals surface area contributed by atoms with Crippen LogP contribution < -0.4 is 5.32 Å². The Morgan fingerprint density at radius 1 is 0.974 bits per heavy atom. The molecule has 2 aromatic carbocycles. The Kier molecular flexibility index (Phi) is 6.49. The largest absolute Gasteiger partial charge is 0.322 e. The van der Waals surface area contributed by atoms with Crippen molar-refractivity contribution in [2.24, 2.45) is 0 Å². The molecule has 1 unspecified atom stereocenters. The molecule has 2 saturated heterocycles. The third-order valence-electron chi connectivity index (χ3n) is 7.96. The van der Waals surface area contributed by atoms with Crippen molar-refractivity contribution in [2.75, 3.05) is 13.1 Å². The van der Waals surface area contributed by atoms with Crippen LogP contribution in [0, 0.1) is 5.82 Å². The summed E-state index contributed by atoms with van der Waals surface area (Å²) in [5.74, 6) is -0.654. The lowest BCUT2D eigenvalue weighted by Crippen LogP contribution is -2.52. The monoisotopic (exact) mass is 512 g/mol. The van der Waals surface area contributed by atoms with Gasteiger partial charge >= 0.3 is 0 Å². The number of amides is 3. The van der Waals surface area contributed by atoms with E-state index in [1.807, 2.05) is 36.5 Å². The first kappa shape index (κ1) is 24.4. The smallest absolute Gasteiger partial charge is 0.255 e. The van der Waals surface area contributed by atoms with Gasteiger partial charge in [0.2, 0.25) is 11.8 Å². The molecule has 1 aromatic heterocycles. The van der Waals surface area contributed by atoms with Crippen LogP contribution in [-0.4, -0.2) is 51.6 Å². The molecular formula is C30H29FN4O3. The van der Waals surface area contributed by atoms with Gasteiger partial charge in [0.25, 0.3) is 5.91 Å². The van der Waals surface area contributed by atoms with Crippen molar-refractivity contribution < 1.29 is 18.8 Å². The van der Waals surface area contributed by atoms with E-state index < -0.39 is 11.9 Å². The van der Waals surface area contributed by atoms with E-state index >= 15 is 0 Å². The van der Waals surface area contributed by atoms with E-state index in [9.17, 15) is 18.8 Å². The summed E-state index contributed by atoms with van der Waals surface area (Å²) in [4.78, 5) is 45.4. The summed E-state index contributed by atoms with van der Waals surface area (Å²) in [5.41, 5.74) is 5.47. The molecule has 4 heterocycles. The minimum Gasteiger partial charge on any atom is -0.322 e. The van der Waals surface area contributed by atoms with E-state index in [2.05, 4.69) is 21.3 Å². The summed E-state index contributed by atoms with van der Waals surface area (Å²) in [6, 6.07) is 16.2. The van der Waals surface area contributed by atoms with Crippen LogP contribution in [0.2, 0.25) is 0 Å². The van der Waals surface area contributed by atoms with Crippen LogP contribution in [0.15, 0.2) is 60.8 Å². The number of piperidine rings is 2. The van der Waals surface area contributed by atoms with E-state index in [0.29, 0.717) is 24.4 Å². The Hall–Kier alpha value is -3.91. The van der Waals surface area contributed by atoms with E-state index in [1.54, 1.807) is 17.0 Å². The number of nitrogens with zero attached hydrogens (tertiary/aromatic N) is 3. The van der Waals surface area contributed by atoms with Gasteiger partial charge in [0, 0.05) is 36.8 Å². The molecular weight excluding hydrogens is 483 g/mol. The van der Waals surface area contributed by atoms with Gasteiger partial charge in [-0.2, -0.15) is 0 Å². The van der Waals surface area contributed by atoms with Crippen molar-refractivity contribution in [3.63, 3.8) is 0 Å². The van der Waals surface area contributed by atoms with Crippen LogP contribution in [0.1, 0.15) is 58.6 Å². The fourth-order valence-electron chi connectivity index (χ4n) is 5.91. The van der Waals surface area contributed by atoms with E-state index in [4.69, 9.17) is 0 Å². The van der Waals surface area contributed by atoms with E-state index in [-0.39, 0.29) is 24.1 Å². The van der Waals surface area contributed by atoms with Gasteiger partial charge in [0.05, 0.1) is 5.69 Å². The number of pyridine rings is 1. The zero-order chi connectivity index (χ0) is 26.2. The maximum absolute atomic E-state index is 13.6. The average Bonchev–Trinajstić information content (AvgIpc) is 3.24. The number of halogens is 1. The number of hydrogen-bond donors (Lipinski definition) is 1. The predicted octanol–water partition coefficient (Wildman–Crippen LogP) is 4.03. The van der Waals surface area contributed by atoms with Crippen molar-refractivity contribution in [3.05, 3.63) is 88.9 Å². The van der Waals surface area contributed by atoms with E-state index in [1.165, 1.54) is 11.6 Å². The summed E-state index contributed by atoms with van der Waals surface area (Å²) in [7, 11) is 0. The van der Waals surface area contributed by atoms with Crippen LogP contribution in [-0.2, 0) is 22.7 Å². The minimum atomic E-state index is -0.623.